The van der Waals surface area contributed by atoms with Crippen molar-refractivity contribution in [3.63, 3.8) is 0 Å². The van der Waals surface area contributed by atoms with Crippen LogP contribution >= 0.6 is 0 Å². The number of esters is 2. The van der Waals surface area contributed by atoms with Crippen LogP contribution in [0.3, 0.4) is 0 Å². The molecule has 484 valence electrons. The fraction of sp³-hybridized carbons (Fsp3) is 0.486. The monoisotopic (exact) mass is 1230 g/mol. The quantitative estimate of drug-likeness (QED) is 0.00876. The molecule has 0 saturated heterocycles. The van der Waals surface area contributed by atoms with Gasteiger partial charge in [0.1, 0.15) is 22.9 Å². The highest BCUT2D eigenvalue weighted by Crippen LogP contribution is 2.45. The van der Waals surface area contributed by atoms with Crippen molar-refractivity contribution < 1.29 is 47.9 Å². The highest BCUT2D eigenvalue weighted by atomic mass is 16.6. The van der Waals surface area contributed by atoms with Gasteiger partial charge in [0, 0.05) is 12.1 Å². The van der Waals surface area contributed by atoms with E-state index in [9.17, 15) is 29.8 Å². The molecule has 0 amide bonds. The second kappa shape index (κ2) is 39.8. The summed E-state index contributed by atoms with van der Waals surface area (Å²) in [5.41, 5.74) is 2.53. The summed E-state index contributed by atoms with van der Waals surface area (Å²) >= 11 is 0. The second-order valence-electron chi connectivity index (χ2n) is 23.5. The zero-order valence-electron chi connectivity index (χ0n) is 54.2. The van der Waals surface area contributed by atoms with Crippen LogP contribution in [-0.4, -0.2) is 47.2 Å². The summed E-state index contributed by atoms with van der Waals surface area (Å²) in [5.74, 6) is -1.07. The molecule has 0 N–H and O–H groups in total. The van der Waals surface area contributed by atoms with E-state index < -0.39 is 56.9 Å². The predicted molar refractivity (Wildman–Crippen MR) is 358 cm³/mol. The first kappa shape index (κ1) is 70.9. The first-order chi connectivity index (χ1) is 43.8. The molecule has 0 aromatic heterocycles. The molecule has 0 radical (unpaired) electrons. The van der Waals surface area contributed by atoms with Crippen LogP contribution in [0, 0.1) is 20.2 Å². The largest absolute Gasteiger partial charge is 0.494 e. The smallest absolute Gasteiger partial charge is 0.343 e. The number of carbonyl (C=O) groups is 2. The van der Waals surface area contributed by atoms with Crippen molar-refractivity contribution in [2.24, 2.45) is 10.2 Å². The summed E-state index contributed by atoms with van der Waals surface area (Å²) in [5, 5.41) is 34.7. The number of hydrogen-bond donors (Lipinski definition) is 0. The number of carbonyl (C=O) groups excluding carboxylic acids is 2. The third-order valence-corrected chi connectivity index (χ3v) is 15.9. The van der Waals surface area contributed by atoms with E-state index in [-0.39, 0.29) is 34.0 Å². The maximum absolute atomic E-state index is 13.9. The van der Waals surface area contributed by atoms with Crippen LogP contribution in [-0.2, 0) is 0 Å². The molecule has 2 atom stereocenters. The number of azo groups is 1. The van der Waals surface area contributed by atoms with Gasteiger partial charge in [0.05, 0.1) is 58.5 Å². The Morgan fingerprint density at radius 3 is 0.989 bits per heavy atom. The van der Waals surface area contributed by atoms with Gasteiger partial charge >= 0.3 is 23.3 Å². The third kappa shape index (κ3) is 24.3. The molecule has 16 nitrogen and oxygen atoms in total. The van der Waals surface area contributed by atoms with E-state index in [1.54, 1.807) is 48.5 Å². The summed E-state index contributed by atoms with van der Waals surface area (Å²) in [6.07, 6.45) is 27.7. The van der Waals surface area contributed by atoms with Gasteiger partial charge in [-0.3, -0.25) is 20.2 Å². The Balaban J connectivity index is 1.23. The van der Waals surface area contributed by atoms with Crippen molar-refractivity contribution in [2.45, 2.75) is 221 Å². The number of ether oxygens (including phenoxy) is 6. The van der Waals surface area contributed by atoms with E-state index in [1.165, 1.54) is 89.2 Å². The molecule has 6 aromatic rings. The van der Waals surface area contributed by atoms with Crippen molar-refractivity contribution in [3.8, 4) is 56.8 Å². The Morgan fingerprint density at radius 1 is 0.389 bits per heavy atom. The van der Waals surface area contributed by atoms with Crippen molar-refractivity contribution in [1.29, 1.82) is 0 Å². The zero-order chi connectivity index (χ0) is 64.3. The number of rotatable bonds is 44. The average molecular weight is 1230 g/mol. The van der Waals surface area contributed by atoms with Gasteiger partial charge in [-0.1, -0.05) is 205 Å². The topological polar surface area (TPSA) is 201 Å². The molecular weight excluding hydrogens is 1140 g/mol. The molecule has 90 heavy (non-hydrogen) atoms. The number of nitro benzene ring substituents is 2. The van der Waals surface area contributed by atoms with Crippen molar-refractivity contribution in [1.82, 2.24) is 0 Å². The van der Waals surface area contributed by atoms with Crippen LogP contribution in [0.5, 0.6) is 34.5 Å². The van der Waals surface area contributed by atoms with Gasteiger partial charge in [0.25, 0.3) is 0 Å². The Kier molecular flexibility index (Phi) is 31.4. The van der Waals surface area contributed by atoms with Crippen LogP contribution in [0.4, 0.5) is 22.7 Å². The Morgan fingerprint density at radius 2 is 0.678 bits per heavy atom. The first-order valence-electron chi connectivity index (χ1n) is 33.3. The number of hydrogen-bond acceptors (Lipinski definition) is 14. The minimum absolute atomic E-state index is 0.0238. The zero-order valence-corrected chi connectivity index (χ0v) is 54.2. The molecule has 6 aromatic carbocycles. The highest BCUT2D eigenvalue weighted by molar-refractivity contribution is 5.93. The lowest BCUT2D eigenvalue weighted by molar-refractivity contribution is -0.385. The van der Waals surface area contributed by atoms with Crippen LogP contribution in [0.1, 0.15) is 229 Å². The highest BCUT2D eigenvalue weighted by Gasteiger charge is 2.28. The molecule has 0 aliphatic carbocycles. The van der Waals surface area contributed by atoms with Crippen LogP contribution in [0.15, 0.2) is 132 Å². The summed E-state index contributed by atoms with van der Waals surface area (Å²) in [6.45, 7) is 13.7. The van der Waals surface area contributed by atoms with Gasteiger partial charge in [0.2, 0.25) is 11.5 Å². The van der Waals surface area contributed by atoms with E-state index in [2.05, 4.69) is 37.9 Å². The molecule has 6 rings (SSSR count). The second-order valence-corrected chi connectivity index (χ2v) is 23.5. The van der Waals surface area contributed by atoms with Crippen LogP contribution in [0.2, 0.25) is 0 Å². The molecule has 0 aliphatic heterocycles. The van der Waals surface area contributed by atoms with Crippen LogP contribution < -0.4 is 28.4 Å². The van der Waals surface area contributed by atoms with Crippen molar-refractivity contribution in [3.05, 3.63) is 153 Å². The number of benzene rings is 6. The Bertz CT molecular complexity index is 2940. The van der Waals surface area contributed by atoms with E-state index in [4.69, 9.17) is 28.4 Å². The Labute approximate surface area is 533 Å². The first-order valence-corrected chi connectivity index (χ1v) is 33.3. The van der Waals surface area contributed by atoms with E-state index in [1.807, 2.05) is 62.4 Å². The Hall–Kier alpha value is -8.14. The minimum atomic E-state index is -0.862. The normalized spacial score (nSPS) is 11.9. The predicted octanol–water partition coefficient (Wildman–Crippen LogP) is 22.2. The van der Waals surface area contributed by atoms with Crippen LogP contribution in [0.25, 0.3) is 22.3 Å². The molecule has 0 saturated carbocycles. The lowest BCUT2D eigenvalue weighted by Crippen LogP contribution is -2.13. The number of nitro groups is 2. The summed E-state index contributed by atoms with van der Waals surface area (Å²) < 4.78 is 36.4. The summed E-state index contributed by atoms with van der Waals surface area (Å²) in [4.78, 5) is 52.1. The van der Waals surface area contributed by atoms with E-state index in [0.29, 0.717) is 26.1 Å². The number of nitrogens with zero attached hydrogens (tertiary/aromatic N) is 4. The minimum Gasteiger partial charge on any atom is -0.494 e. The summed E-state index contributed by atoms with van der Waals surface area (Å²) in [7, 11) is 0. The maximum atomic E-state index is 13.9. The van der Waals surface area contributed by atoms with Gasteiger partial charge in [-0.05, 0) is 123 Å². The maximum Gasteiger partial charge on any atom is 0.343 e. The fourth-order valence-electron chi connectivity index (χ4n) is 10.5. The lowest BCUT2D eigenvalue weighted by Gasteiger charge is -2.18. The number of unbranched alkanes of at least 4 members (excludes halogenated alkanes) is 20. The van der Waals surface area contributed by atoms with E-state index >= 15 is 0 Å². The lowest BCUT2D eigenvalue weighted by atomic mass is 10.0. The van der Waals surface area contributed by atoms with Gasteiger partial charge in [-0.15, -0.1) is 10.2 Å². The molecule has 16 heteroatoms. The molecule has 0 bridgehead atoms. The third-order valence-electron chi connectivity index (χ3n) is 15.9. The molecule has 0 spiro atoms. The molecule has 0 fully saturated rings. The van der Waals surface area contributed by atoms with Gasteiger partial charge in [-0.2, -0.15) is 0 Å². The van der Waals surface area contributed by atoms with E-state index in [0.717, 1.165) is 123 Å². The molecule has 2 unspecified atom stereocenters. The van der Waals surface area contributed by atoms with Gasteiger partial charge < -0.3 is 28.4 Å². The molecular formula is C74H96N4O12. The van der Waals surface area contributed by atoms with Gasteiger partial charge in [0.15, 0.2) is 11.5 Å². The van der Waals surface area contributed by atoms with Crippen molar-refractivity contribution >= 4 is 34.7 Å². The SMILES string of the molecule is CCCCCCCCCCOc1ccc(-c2ccc(C(=O)Oc3cc(N=Nc4cc(OC(=O)c5ccc(-c6ccc(OCCCCCCCCCC)cc6)cc5)c([N+](=O)[O-])cc4OC(C)CCCCCC)c(OC(C)CCCCCC)cc3[N+](=O)[O-])cc2)cc1. The standard InChI is InChI=1S/C74H96N4O12/c1-7-11-15-19-21-23-25-29-49-85-63-45-41-59(42-46-63)57-33-37-61(38-34-57)73(79)89-71-51-65(69(53-67(71)77(81)82)87-55(5)31-27-17-13-9-3)75-76-66-52-72(68(78(83)84)54-70(66)88-56(6)32-28-18-14-10-4)90-74(80)62-39-35-58(36-40-62)60-43-47-64(48-44-60)86-50-30-26-24-22-20-16-12-8-2/h33-48,51-56H,7-32,49-50H2,1-6H3. The average Bonchev–Trinajstić information content (AvgIpc) is 0.975. The molecule has 0 heterocycles. The molecule has 0 aliphatic rings. The summed E-state index contributed by atoms with van der Waals surface area (Å²) in [6, 6.07) is 33.6. The van der Waals surface area contributed by atoms with Gasteiger partial charge in [-0.25, -0.2) is 9.59 Å². The van der Waals surface area contributed by atoms with Crippen molar-refractivity contribution in [2.75, 3.05) is 13.2 Å². The fourth-order valence-corrected chi connectivity index (χ4v) is 10.5.